The molecular formula is C15H14N4O4. The number of nitrogens with zero attached hydrogens (tertiary/aromatic N) is 1. The first-order valence-corrected chi connectivity index (χ1v) is 6.88. The van der Waals surface area contributed by atoms with Gasteiger partial charge in [-0.25, -0.2) is 9.78 Å². The summed E-state index contributed by atoms with van der Waals surface area (Å²) in [6.45, 7) is 0.424. The van der Waals surface area contributed by atoms with Crippen LogP contribution in [0.4, 0.5) is 4.79 Å². The van der Waals surface area contributed by atoms with Gasteiger partial charge in [0.25, 0.3) is 5.91 Å². The summed E-state index contributed by atoms with van der Waals surface area (Å²) in [4.78, 5) is 29.7. The van der Waals surface area contributed by atoms with Crippen molar-refractivity contribution in [2.75, 3.05) is 6.54 Å². The van der Waals surface area contributed by atoms with Gasteiger partial charge in [-0.05, 0) is 30.2 Å². The molecule has 0 spiro atoms. The van der Waals surface area contributed by atoms with Gasteiger partial charge in [0.15, 0.2) is 11.5 Å². The maximum absolute atomic E-state index is 11.8. The number of amides is 2. The monoisotopic (exact) mass is 314 g/mol. The number of furan rings is 1. The molecule has 0 radical (unpaired) electrons. The van der Waals surface area contributed by atoms with Crippen molar-refractivity contribution in [2.45, 2.75) is 6.42 Å². The number of carbonyl (C=O) groups is 2. The third-order valence-corrected chi connectivity index (χ3v) is 3.23. The van der Waals surface area contributed by atoms with E-state index in [1.807, 2.05) is 0 Å². The van der Waals surface area contributed by atoms with E-state index >= 15 is 0 Å². The number of hydrogen-bond acceptors (Lipinski definition) is 5. The van der Waals surface area contributed by atoms with E-state index in [0.717, 1.165) is 10.9 Å². The largest absolute Gasteiger partial charge is 0.459 e. The average molecular weight is 314 g/mol. The molecule has 2 amide bonds. The molecule has 0 saturated carbocycles. The highest BCUT2D eigenvalue weighted by Crippen LogP contribution is 2.21. The molecule has 0 bridgehead atoms. The predicted octanol–water partition coefficient (Wildman–Crippen LogP) is 1.59. The van der Waals surface area contributed by atoms with Crippen LogP contribution in [0.15, 0.2) is 41.3 Å². The summed E-state index contributed by atoms with van der Waals surface area (Å²) in [5, 5.41) is 3.56. The number of aromatic amines is 1. The zero-order chi connectivity index (χ0) is 16.2. The molecule has 3 aromatic rings. The highest BCUT2D eigenvalue weighted by Gasteiger charge is 2.10. The van der Waals surface area contributed by atoms with Crippen LogP contribution < -0.4 is 15.8 Å². The normalized spacial score (nSPS) is 10.6. The standard InChI is InChI=1S/C15H14N4O4/c16-15(21)23-10-6-11-9(7-18-13(11)19-8-10)3-4-17-14(20)12-2-1-5-22-12/h1-2,5-8H,3-4H2,(H2,16,21)(H,17,20)(H,18,19). The van der Waals surface area contributed by atoms with Crippen LogP contribution >= 0.6 is 0 Å². The summed E-state index contributed by atoms with van der Waals surface area (Å²) in [5.41, 5.74) is 6.58. The number of nitrogens with one attached hydrogen (secondary N) is 2. The molecule has 3 rings (SSSR count). The van der Waals surface area contributed by atoms with Crippen LogP contribution in [0.2, 0.25) is 0 Å². The summed E-state index contributed by atoms with van der Waals surface area (Å²) in [5.74, 6) is 0.263. The maximum Gasteiger partial charge on any atom is 0.410 e. The van der Waals surface area contributed by atoms with Crippen LogP contribution in [0.5, 0.6) is 5.75 Å². The fraction of sp³-hybridized carbons (Fsp3) is 0.133. The van der Waals surface area contributed by atoms with E-state index < -0.39 is 6.09 Å². The number of H-pyrrole nitrogens is 1. The van der Waals surface area contributed by atoms with Gasteiger partial charge in [0.05, 0.1) is 12.5 Å². The lowest BCUT2D eigenvalue weighted by Gasteiger charge is -2.03. The van der Waals surface area contributed by atoms with Gasteiger partial charge in [-0.2, -0.15) is 0 Å². The van der Waals surface area contributed by atoms with Gasteiger partial charge in [0, 0.05) is 18.1 Å². The van der Waals surface area contributed by atoms with Crippen molar-refractivity contribution in [3.8, 4) is 5.75 Å². The summed E-state index contributed by atoms with van der Waals surface area (Å²) < 4.78 is 9.84. The first kappa shape index (κ1) is 14.6. The molecule has 0 saturated heterocycles. The Kier molecular flexibility index (Phi) is 3.96. The van der Waals surface area contributed by atoms with Crippen LogP contribution in [0.25, 0.3) is 11.0 Å². The minimum atomic E-state index is -0.894. The predicted molar refractivity (Wildman–Crippen MR) is 81.1 cm³/mol. The summed E-state index contributed by atoms with van der Waals surface area (Å²) in [7, 11) is 0. The molecule has 3 aromatic heterocycles. The zero-order valence-electron chi connectivity index (χ0n) is 12.0. The van der Waals surface area contributed by atoms with E-state index in [9.17, 15) is 9.59 Å². The van der Waals surface area contributed by atoms with E-state index in [4.69, 9.17) is 14.9 Å². The van der Waals surface area contributed by atoms with Crippen molar-refractivity contribution in [2.24, 2.45) is 5.73 Å². The second-order valence-corrected chi connectivity index (χ2v) is 4.79. The van der Waals surface area contributed by atoms with Crippen LogP contribution in [0.1, 0.15) is 16.1 Å². The number of primary amides is 1. The van der Waals surface area contributed by atoms with E-state index in [0.29, 0.717) is 18.6 Å². The van der Waals surface area contributed by atoms with Gasteiger partial charge < -0.3 is 25.2 Å². The molecule has 118 valence electrons. The summed E-state index contributed by atoms with van der Waals surface area (Å²) in [6.07, 6.45) is 4.33. The van der Waals surface area contributed by atoms with E-state index in [-0.39, 0.29) is 17.4 Å². The highest BCUT2D eigenvalue weighted by molar-refractivity contribution is 5.91. The molecule has 0 unspecified atom stereocenters. The number of nitrogens with two attached hydrogens (primary N) is 1. The molecule has 0 aromatic carbocycles. The topological polar surface area (TPSA) is 123 Å². The lowest BCUT2D eigenvalue weighted by Crippen LogP contribution is -2.25. The summed E-state index contributed by atoms with van der Waals surface area (Å²) >= 11 is 0. The Balaban J connectivity index is 1.67. The van der Waals surface area contributed by atoms with Crippen molar-refractivity contribution in [3.05, 3.63) is 48.2 Å². The van der Waals surface area contributed by atoms with Crippen LogP contribution in [-0.2, 0) is 6.42 Å². The summed E-state index contributed by atoms with van der Waals surface area (Å²) in [6, 6.07) is 4.92. The third-order valence-electron chi connectivity index (χ3n) is 3.23. The Morgan fingerprint density at radius 3 is 3.04 bits per heavy atom. The van der Waals surface area contributed by atoms with E-state index in [2.05, 4.69) is 15.3 Å². The van der Waals surface area contributed by atoms with E-state index in [1.54, 1.807) is 24.4 Å². The minimum Gasteiger partial charge on any atom is -0.459 e. The smallest absolute Gasteiger partial charge is 0.410 e. The first-order valence-electron chi connectivity index (χ1n) is 6.88. The number of rotatable bonds is 5. The Hall–Kier alpha value is -3.29. The van der Waals surface area contributed by atoms with Gasteiger partial charge in [-0.1, -0.05) is 0 Å². The van der Waals surface area contributed by atoms with Crippen LogP contribution in [-0.4, -0.2) is 28.5 Å². The molecular weight excluding hydrogens is 300 g/mol. The molecule has 0 aliphatic rings. The number of pyridine rings is 1. The third kappa shape index (κ3) is 3.31. The maximum atomic E-state index is 11.8. The van der Waals surface area contributed by atoms with Gasteiger partial charge in [-0.3, -0.25) is 4.79 Å². The lowest BCUT2D eigenvalue weighted by molar-refractivity contribution is 0.0926. The van der Waals surface area contributed by atoms with Crippen molar-refractivity contribution >= 4 is 23.0 Å². The second kappa shape index (κ2) is 6.22. The molecule has 8 nitrogen and oxygen atoms in total. The number of ether oxygens (including phenoxy) is 1. The van der Waals surface area contributed by atoms with Gasteiger partial charge in [-0.15, -0.1) is 0 Å². The highest BCUT2D eigenvalue weighted by atomic mass is 16.5. The van der Waals surface area contributed by atoms with Gasteiger partial charge in [0.1, 0.15) is 5.65 Å². The van der Waals surface area contributed by atoms with Crippen molar-refractivity contribution in [1.82, 2.24) is 15.3 Å². The molecule has 8 heteroatoms. The fourth-order valence-corrected chi connectivity index (χ4v) is 2.22. The van der Waals surface area contributed by atoms with Gasteiger partial charge >= 0.3 is 6.09 Å². The Morgan fingerprint density at radius 2 is 2.30 bits per heavy atom. The molecule has 23 heavy (non-hydrogen) atoms. The van der Waals surface area contributed by atoms with Crippen molar-refractivity contribution in [3.63, 3.8) is 0 Å². The molecule has 0 fully saturated rings. The molecule has 0 aliphatic heterocycles. The van der Waals surface area contributed by atoms with Crippen LogP contribution in [0.3, 0.4) is 0 Å². The molecule has 0 aliphatic carbocycles. The van der Waals surface area contributed by atoms with Crippen molar-refractivity contribution < 1.29 is 18.7 Å². The Morgan fingerprint density at radius 1 is 1.43 bits per heavy atom. The first-order chi connectivity index (χ1) is 11.1. The SMILES string of the molecule is NC(=O)Oc1cnc2[nH]cc(CCNC(=O)c3ccco3)c2c1. The molecule has 3 heterocycles. The van der Waals surface area contributed by atoms with Crippen molar-refractivity contribution in [1.29, 1.82) is 0 Å². The molecule has 0 atom stereocenters. The lowest BCUT2D eigenvalue weighted by atomic mass is 10.1. The van der Waals surface area contributed by atoms with Gasteiger partial charge in [0.2, 0.25) is 0 Å². The number of carbonyl (C=O) groups excluding carboxylic acids is 2. The molecule has 4 N–H and O–H groups in total. The Bertz CT molecular complexity index is 838. The average Bonchev–Trinajstić information content (AvgIpc) is 3.16. The van der Waals surface area contributed by atoms with E-state index in [1.165, 1.54) is 12.5 Å². The Labute approximate surface area is 130 Å². The fourth-order valence-electron chi connectivity index (χ4n) is 2.22. The van der Waals surface area contributed by atoms with Crippen LogP contribution in [0, 0.1) is 0 Å². The zero-order valence-corrected chi connectivity index (χ0v) is 12.0. The number of aromatic nitrogens is 2. The number of fused-ring (bicyclic) bond motifs is 1. The minimum absolute atomic E-state index is 0.266. The number of hydrogen-bond donors (Lipinski definition) is 3. The second-order valence-electron chi connectivity index (χ2n) is 4.79. The quantitative estimate of drug-likeness (QED) is 0.659.